The molecule has 0 fully saturated rings. The summed E-state index contributed by atoms with van der Waals surface area (Å²) in [5, 5.41) is 10.1. The summed E-state index contributed by atoms with van der Waals surface area (Å²) in [6.07, 6.45) is 3.21. The standard InChI is InChI=1S/C13H24N4O2/c1-12(2,3)19-11(18)16-13(4,5)9-14-10-7-15-17(6)8-10/h7-8,14H,9H2,1-6H3,(H,16,18). The maximum Gasteiger partial charge on any atom is 0.408 e. The molecule has 0 radical (unpaired) electrons. The number of carbonyl (C=O) groups excluding carboxylic acids is 1. The fourth-order valence-corrected chi connectivity index (χ4v) is 1.46. The minimum Gasteiger partial charge on any atom is -0.444 e. The maximum atomic E-state index is 11.7. The van der Waals surface area contributed by atoms with Crippen LogP contribution in [-0.4, -0.2) is 33.6 Å². The van der Waals surface area contributed by atoms with Crippen molar-refractivity contribution in [1.82, 2.24) is 15.1 Å². The number of aryl methyl sites for hydroxylation is 1. The van der Waals surface area contributed by atoms with Crippen molar-refractivity contribution in [2.75, 3.05) is 11.9 Å². The number of carbonyl (C=O) groups is 1. The molecular formula is C13H24N4O2. The Labute approximate surface area is 114 Å². The molecule has 1 aromatic heterocycles. The first kappa shape index (κ1) is 15.3. The Morgan fingerprint density at radius 3 is 2.47 bits per heavy atom. The summed E-state index contributed by atoms with van der Waals surface area (Å²) in [6, 6.07) is 0. The Morgan fingerprint density at radius 1 is 1.37 bits per heavy atom. The van der Waals surface area contributed by atoms with Gasteiger partial charge in [0.05, 0.1) is 17.4 Å². The third kappa shape index (κ3) is 6.13. The zero-order chi connectivity index (χ0) is 14.7. The lowest BCUT2D eigenvalue weighted by Gasteiger charge is -2.28. The highest BCUT2D eigenvalue weighted by molar-refractivity contribution is 5.68. The van der Waals surface area contributed by atoms with Crippen molar-refractivity contribution < 1.29 is 9.53 Å². The minimum atomic E-state index is -0.489. The van der Waals surface area contributed by atoms with Crippen LogP contribution in [0.3, 0.4) is 0 Å². The average molecular weight is 268 g/mol. The van der Waals surface area contributed by atoms with Gasteiger partial charge >= 0.3 is 6.09 Å². The Bertz CT molecular complexity index is 432. The number of aromatic nitrogens is 2. The van der Waals surface area contributed by atoms with E-state index in [0.29, 0.717) is 6.54 Å². The summed E-state index contributed by atoms with van der Waals surface area (Å²) in [6.45, 7) is 9.97. The monoisotopic (exact) mass is 268 g/mol. The second-order valence-electron chi connectivity index (χ2n) is 6.27. The molecule has 0 aliphatic carbocycles. The van der Waals surface area contributed by atoms with E-state index in [1.54, 1.807) is 10.9 Å². The summed E-state index contributed by atoms with van der Waals surface area (Å²) >= 11 is 0. The summed E-state index contributed by atoms with van der Waals surface area (Å²) < 4.78 is 6.95. The molecule has 0 bridgehead atoms. The summed E-state index contributed by atoms with van der Waals surface area (Å²) in [7, 11) is 1.86. The predicted octanol–water partition coefficient (Wildman–Crippen LogP) is 2.14. The molecule has 0 atom stereocenters. The lowest BCUT2D eigenvalue weighted by molar-refractivity contribution is 0.0478. The van der Waals surface area contributed by atoms with Crippen LogP contribution in [0.25, 0.3) is 0 Å². The third-order valence-electron chi connectivity index (χ3n) is 2.28. The molecular weight excluding hydrogens is 244 g/mol. The van der Waals surface area contributed by atoms with Crippen molar-refractivity contribution >= 4 is 11.8 Å². The highest BCUT2D eigenvalue weighted by Gasteiger charge is 2.24. The molecule has 0 spiro atoms. The fourth-order valence-electron chi connectivity index (χ4n) is 1.46. The van der Waals surface area contributed by atoms with Gasteiger partial charge in [0, 0.05) is 19.8 Å². The molecule has 0 saturated heterocycles. The van der Waals surface area contributed by atoms with E-state index in [-0.39, 0.29) is 0 Å². The summed E-state index contributed by atoms with van der Waals surface area (Å²) in [5.74, 6) is 0. The third-order valence-corrected chi connectivity index (χ3v) is 2.28. The van der Waals surface area contributed by atoms with Crippen molar-refractivity contribution in [1.29, 1.82) is 0 Å². The van der Waals surface area contributed by atoms with Gasteiger partial charge < -0.3 is 15.4 Å². The molecule has 108 valence electrons. The number of amides is 1. The van der Waals surface area contributed by atoms with Crippen LogP contribution in [0.5, 0.6) is 0 Å². The molecule has 6 nitrogen and oxygen atoms in total. The molecule has 1 rings (SSSR count). The number of ether oxygens (including phenoxy) is 1. The van der Waals surface area contributed by atoms with Gasteiger partial charge in [-0.15, -0.1) is 0 Å². The number of nitrogens with zero attached hydrogens (tertiary/aromatic N) is 2. The van der Waals surface area contributed by atoms with Crippen LogP contribution >= 0.6 is 0 Å². The van der Waals surface area contributed by atoms with Crippen LogP contribution in [-0.2, 0) is 11.8 Å². The van der Waals surface area contributed by atoms with Gasteiger partial charge in [-0.2, -0.15) is 5.10 Å². The smallest absolute Gasteiger partial charge is 0.408 e. The molecule has 19 heavy (non-hydrogen) atoms. The second-order valence-corrected chi connectivity index (χ2v) is 6.27. The van der Waals surface area contributed by atoms with E-state index < -0.39 is 17.2 Å². The van der Waals surface area contributed by atoms with E-state index in [4.69, 9.17) is 4.74 Å². The number of hydrogen-bond acceptors (Lipinski definition) is 4. The Kier molecular flexibility index (Phi) is 4.44. The van der Waals surface area contributed by atoms with Gasteiger partial charge in [0.1, 0.15) is 5.60 Å². The zero-order valence-electron chi connectivity index (χ0n) is 12.6. The van der Waals surface area contributed by atoms with Gasteiger partial charge in [-0.1, -0.05) is 0 Å². The number of rotatable bonds is 4. The SMILES string of the molecule is Cn1cc(NCC(C)(C)NC(=O)OC(C)(C)C)cn1. The highest BCUT2D eigenvalue weighted by atomic mass is 16.6. The fraction of sp³-hybridized carbons (Fsp3) is 0.692. The van der Waals surface area contributed by atoms with E-state index in [9.17, 15) is 4.79 Å². The lowest BCUT2D eigenvalue weighted by Crippen LogP contribution is -2.49. The second kappa shape index (κ2) is 5.50. The molecule has 0 saturated carbocycles. The highest BCUT2D eigenvalue weighted by Crippen LogP contribution is 2.11. The quantitative estimate of drug-likeness (QED) is 0.878. The molecule has 0 aliphatic rings. The van der Waals surface area contributed by atoms with Crippen molar-refractivity contribution in [2.45, 2.75) is 45.8 Å². The van der Waals surface area contributed by atoms with Crippen molar-refractivity contribution in [3.63, 3.8) is 0 Å². The van der Waals surface area contributed by atoms with E-state index in [0.717, 1.165) is 5.69 Å². The Hall–Kier alpha value is -1.72. The van der Waals surface area contributed by atoms with Crippen LogP contribution in [0.2, 0.25) is 0 Å². The topological polar surface area (TPSA) is 68.2 Å². The van der Waals surface area contributed by atoms with Gasteiger partial charge in [-0.25, -0.2) is 4.79 Å². The predicted molar refractivity (Wildman–Crippen MR) is 75.1 cm³/mol. The first-order valence-electron chi connectivity index (χ1n) is 6.31. The Morgan fingerprint density at radius 2 is 2.00 bits per heavy atom. The molecule has 6 heteroatoms. The molecule has 1 heterocycles. The van der Waals surface area contributed by atoms with Crippen molar-refractivity contribution in [3.8, 4) is 0 Å². The minimum absolute atomic E-state index is 0.412. The van der Waals surface area contributed by atoms with E-state index in [2.05, 4.69) is 15.7 Å². The molecule has 2 N–H and O–H groups in total. The van der Waals surface area contributed by atoms with E-state index in [1.807, 2.05) is 47.9 Å². The van der Waals surface area contributed by atoms with Crippen LogP contribution in [0, 0.1) is 0 Å². The summed E-state index contributed by atoms with van der Waals surface area (Å²) in [4.78, 5) is 11.7. The lowest BCUT2D eigenvalue weighted by atomic mass is 10.1. The number of anilines is 1. The zero-order valence-corrected chi connectivity index (χ0v) is 12.6. The van der Waals surface area contributed by atoms with Gasteiger partial charge in [-0.05, 0) is 34.6 Å². The molecule has 1 amide bonds. The summed E-state index contributed by atoms with van der Waals surface area (Å²) in [5.41, 5.74) is 0.0105. The molecule has 0 aliphatic heterocycles. The van der Waals surface area contributed by atoms with Crippen LogP contribution < -0.4 is 10.6 Å². The average Bonchev–Trinajstić information content (AvgIpc) is 2.57. The van der Waals surface area contributed by atoms with Crippen LogP contribution in [0.4, 0.5) is 10.5 Å². The van der Waals surface area contributed by atoms with Gasteiger partial charge in [-0.3, -0.25) is 4.68 Å². The largest absolute Gasteiger partial charge is 0.444 e. The molecule has 1 aromatic rings. The Balaban J connectivity index is 2.45. The first-order valence-corrected chi connectivity index (χ1v) is 6.31. The van der Waals surface area contributed by atoms with E-state index in [1.165, 1.54) is 0 Å². The van der Waals surface area contributed by atoms with E-state index >= 15 is 0 Å². The molecule has 0 unspecified atom stereocenters. The number of hydrogen-bond donors (Lipinski definition) is 2. The molecule has 0 aromatic carbocycles. The van der Waals surface area contributed by atoms with Gasteiger partial charge in [0.25, 0.3) is 0 Å². The van der Waals surface area contributed by atoms with Crippen molar-refractivity contribution in [2.24, 2.45) is 7.05 Å². The number of nitrogens with one attached hydrogen (secondary N) is 2. The van der Waals surface area contributed by atoms with Gasteiger partial charge in [0.15, 0.2) is 0 Å². The van der Waals surface area contributed by atoms with Gasteiger partial charge in [0.2, 0.25) is 0 Å². The maximum absolute atomic E-state index is 11.7. The number of alkyl carbamates (subject to hydrolysis) is 1. The first-order chi connectivity index (χ1) is 8.57. The normalized spacial score (nSPS) is 12.1. The van der Waals surface area contributed by atoms with Crippen molar-refractivity contribution in [3.05, 3.63) is 12.4 Å². The van der Waals surface area contributed by atoms with Crippen LogP contribution in [0.15, 0.2) is 12.4 Å². The van der Waals surface area contributed by atoms with Crippen LogP contribution in [0.1, 0.15) is 34.6 Å².